The number of hydrogen-bond acceptors (Lipinski definition) is 3. The van der Waals surface area contributed by atoms with Crippen molar-refractivity contribution in [2.24, 2.45) is 0 Å². The van der Waals surface area contributed by atoms with E-state index in [1.807, 2.05) is 0 Å². The van der Waals surface area contributed by atoms with Crippen molar-refractivity contribution in [2.45, 2.75) is 116 Å². The van der Waals surface area contributed by atoms with Gasteiger partial charge in [0.15, 0.2) is 0 Å². The molecule has 1 aliphatic rings. The van der Waals surface area contributed by atoms with E-state index in [2.05, 4.69) is 6.92 Å². The van der Waals surface area contributed by atoms with Crippen LogP contribution in [0.1, 0.15) is 110 Å². The van der Waals surface area contributed by atoms with Gasteiger partial charge in [-0.05, 0) is 30.7 Å². The molecule has 1 unspecified atom stereocenters. The quantitative estimate of drug-likeness (QED) is 0.191. The van der Waals surface area contributed by atoms with E-state index in [-0.39, 0.29) is 11.7 Å². The number of amides is 1. The summed E-state index contributed by atoms with van der Waals surface area (Å²) in [6, 6.07) is 6.52. The molecule has 1 aromatic carbocycles. The van der Waals surface area contributed by atoms with Crippen molar-refractivity contribution in [1.82, 2.24) is 4.90 Å². The smallest absolute Gasteiger partial charge is 0.288 e. The van der Waals surface area contributed by atoms with E-state index in [1.54, 1.807) is 29.2 Å². The van der Waals surface area contributed by atoms with Gasteiger partial charge in [-0.25, -0.2) is 0 Å². The van der Waals surface area contributed by atoms with E-state index >= 15 is 0 Å². The number of unbranched alkanes of at least 4 members (excludes halogenated alkanes) is 15. The highest BCUT2D eigenvalue weighted by Crippen LogP contribution is 2.26. The molecule has 1 amide bonds. The van der Waals surface area contributed by atoms with Gasteiger partial charge in [-0.2, -0.15) is 0 Å². The minimum Gasteiger partial charge on any atom is -0.508 e. The normalized spacial score (nSPS) is 15.6. The second-order valence-electron chi connectivity index (χ2n) is 8.80. The maximum Gasteiger partial charge on any atom is 0.288 e. The number of phenols is 1. The Morgan fingerprint density at radius 2 is 1.17 bits per heavy atom. The lowest BCUT2D eigenvalue weighted by molar-refractivity contribution is -0.114. The van der Waals surface area contributed by atoms with E-state index < -0.39 is 6.23 Å². The Labute approximate surface area is 184 Å². The Morgan fingerprint density at radius 3 is 1.63 bits per heavy atom. The molecule has 0 radical (unpaired) electrons. The molecule has 0 aliphatic carbocycles. The van der Waals surface area contributed by atoms with Crippen LogP contribution in [0.5, 0.6) is 11.5 Å². The van der Waals surface area contributed by atoms with Crippen LogP contribution < -0.4 is 4.74 Å². The highest BCUT2D eigenvalue weighted by Gasteiger charge is 2.47. The van der Waals surface area contributed by atoms with Crippen LogP contribution in [0.25, 0.3) is 0 Å². The maximum absolute atomic E-state index is 11.8. The summed E-state index contributed by atoms with van der Waals surface area (Å²) >= 11 is 0. The van der Waals surface area contributed by atoms with Gasteiger partial charge in [0, 0.05) is 6.54 Å². The summed E-state index contributed by atoms with van der Waals surface area (Å²) in [6.45, 7) is 3.07. The maximum atomic E-state index is 11.8. The Morgan fingerprint density at radius 1 is 0.733 bits per heavy atom. The van der Waals surface area contributed by atoms with Crippen LogP contribution in [0.3, 0.4) is 0 Å². The highest BCUT2D eigenvalue weighted by atomic mass is 16.5. The third-order valence-corrected chi connectivity index (χ3v) is 6.05. The molecule has 0 bridgehead atoms. The van der Waals surface area contributed by atoms with Gasteiger partial charge >= 0.3 is 0 Å². The molecule has 1 saturated heterocycles. The van der Waals surface area contributed by atoms with Gasteiger partial charge < -0.3 is 9.84 Å². The Bertz CT molecular complexity index is 572. The SMILES string of the molecule is CCCCCCCCCCCCCCCCCCN1C(=O)C1Oc1ccc(O)cc1. The molecule has 0 aromatic heterocycles. The molecule has 0 saturated carbocycles. The van der Waals surface area contributed by atoms with Gasteiger partial charge in [0.05, 0.1) is 0 Å². The summed E-state index contributed by atoms with van der Waals surface area (Å²) < 4.78 is 5.65. The lowest BCUT2D eigenvalue weighted by atomic mass is 10.0. The first-order chi connectivity index (χ1) is 14.7. The predicted octanol–water partition coefficient (Wildman–Crippen LogP) is 7.20. The van der Waals surface area contributed by atoms with Crippen LogP contribution in [-0.4, -0.2) is 28.7 Å². The molecule has 1 aromatic rings. The van der Waals surface area contributed by atoms with Crippen LogP contribution in [0, 0.1) is 0 Å². The average Bonchev–Trinajstić information content (AvgIpc) is 3.36. The van der Waals surface area contributed by atoms with E-state index in [9.17, 15) is 9.90 Å². The molecule has 1 atom stereocenters. The van der Waals surface area contributed by atoms with Gasteiger partial charge in [-0.3, -0.25) is 9.69 Å². The summed E-state index contributed by atoms with van der Waals surface area (Å²) in [7, 11) is 0. The minimum absolute atomic E-state index is 0.0732. The number of ether oxygens (including phenoxy) is 1. The van der Waals surface area contributed by atoms with Crippen molar-refractivity contribution in [1.29, 1.82) is 0 Å². The molecule has 1 N–H and O–H groups in total. The van der Waals surface area contributed by atoms with Crippen LogP contribution in [0.15, 0.2) is 24.3 Å². The van der Waals surface area contributed by atoms with Gasteiger partial charge in [0.1, 0.15) is 11.5 Å². The molecule has 30 heavy (non-hydrogen) atoms. The second kappa shape index (κ2) is 15.1. The lowest BCUT2D eigenvalue weighted by Gasteiger charge is -2.06. The lowest BCUT2D eigenvalue weighted by Crippen LogP contribution is -2.09. The fourth-order valence-electron chi connectivity index (χ4n) is 4.02. The van der Waals surface area contributed by atoms with E-state index in [0.29, 0.717) is 5.75 Å². The number of aromatic hydroxyl groups is 1. The molecule has 4 heteroatoms. The van der Waals surface area contributed by atoms with E-state index in [4.69, 9.17) is 4.74 Å². The molecule has 1 heterocycles. The third kappa shape index (κ3) is 10.4. The van der Waals surface area contributed by atoms with Crippen molar-refractivity contribution in [3.8, 4) is 11.5 Å². The van der Waals surface area contributed by atoms with Crippen LogP contribution >= 0.6 is 0 Å². The average molecular weight is 418 g/mol. The fourth-order valence-corrected chi connectivity index (χ4v) is 4.02. The highest BCUT2D eigenvalue weighted by molar-refractivity contribution is 5.95. The van der Waals surface area contributed by atoms with Gasteiger partial charge in [-0.15, -0.1) is 0 Å². The molecule has 170 valence electrons. The number of carbonyl (C=O) groups is 1. The summed E-state index contributed by atoms with van der Waals surface area (Å²) in [5, 5.41) is 9.29. The molecule has 2 rings (SSSR count). The summed E-state index contributed by atoms with van der Waals surface area (Å²) in [5.74, 6) is 0.902. The predicted molar refractivity (Wildman–Crippen MR) is 124 cm³/mol. The zero-order valence-electron chi connectivity index (χ0n) is 19.1. The molecule has 0 spiro atoms. The summed E-state index contributed by atoms with van der Waals surface area (Å²) in [6.07, 6.45) is 21.3. The standard InChI is InChI=1S/C26H43NO3/c1-2-3-4-5-6-7-8-9-10-11-12-13-14-15-16-17-22-27-25(29)26(27)30-24-20-18-23(28)19-21-24/h18-21,26,28H,2-17,22H2,1H3. The van der Waals surface area contributed by atoms with Crippen LogP contribution in [-0.2, 0) is 4.79 Å². The van der Waals surface area contributed by atoms with Gasteiger partial charge in [-0.1, -0.05) is 103 Å². The number of nitrogens with zero attached hydrogens (tertiary/aromatic N) is 1. The summed E-state index contributed by atoms with van der Waals surface area (Å²) in [5.41, 5.74) is 0. The number of carbonyl (C=O) groups excluding carboxylic acids is 1. The Balaban J connectivity index is 1.32. The largest absolute Gasteiger partial charge is 0.508 e. The fraction of sp³-hybridized carbons (Fsp3) is 0.731. The van der Waals surface area contributed by atoms with Crippen molar-refractivity contribution in [2.75, 3.05) is 6.54 Å². The number of rotatable bonds is 19. The number of benzene rings is 1. The van der Waals surface area contributed by atoms with Crippen LogP contribution in [0.4, 0.5) is 0 Å². The minimum atomic E-state index is -0.425. The molecular weight excluding hydrogens is 374 g/mol. The number of phenolic OH excluding ortho intramolecular Hbond substituents is 1. The van der Waals surface area contributed by atoms with Crippen LogP contribution in [0.2, 0.25) is 0 Å². The van der Waals surface area contributed by atoms with Crippen molar-refractivity contribution in [3.05, 3.63) is 24.3 Å². The topological polar surface area (TPSA) is 49.5 Å². The Hall–Kier alpha value is -1.71. The second-order valence-corrected chi connectivity index (χ2v) is 8.80. The monoisotopic (exact) mass is 417 g/mol. The van der Waals surface area contributed by atoms with Crippen molar-refractivity contribution in [3.63, 3.8) is 0 Å². The first-order valence-corrected chi connectivity index (χ1v) is 12.5. The first-order valence-electron chi connectivity index (χ1n) is 12.5. The number of hydrogen-bond donors (Lipinski definition) is 1. The molecule has 1 fully saturated rings. The van der Waals surface area contributed by atoms with Crippen molar-refractivity contribution >= 4 is 5.91 Å². The van der Waals surface area contributed by atoms with E-state index in [0.717, 1.165) is 13.0 Å². The van der Waals surface area contributed by atoms with Gasteiger partial charge in [0.25, 0.3) is 12.1 Å². The molecular formula is C26H43NO3. The first kappa shape index (κ1) is 24.6. The van der Waals surface area contributed by atoms with Crippen molar-refractivity contribution < 1.29 is 14.6 Å². The zero-order valence-corrected chi connectivity index (χ0v) is 19.1. The third-order valence-electron chi connectivity index (χ3n) is 6.05. The zero-order chi connectivity index (χ0) is 21.4. The molecule has 4 nitrogen and oxygen atoms in total. The van der Waals surface area contributed by atoms with E-state index in [1.165, 1.54) is 96.3 Å². The van der Waals surface area contributed by atoms with Gasteiger partial charge in [0.2, 0.25) is 0 Å². The molecule has 1 aliphatic heterocycles. The Kier molecular flexibility index (Phi) is 12.4. The summed E-state index contributed by atoms with van der Waals surface area (Å²) in [4.78, 5) is 13.6.